The number of phosphoric acid groups is 2. The molecule has 10 heterocycles. The number of nitrogens with one attached hydrogen (secondary N) is 3. The van der Waals surface area contributed by atoms with Gasteiger partial charge >= 0.3 is 63.2 Å². The standard InChI is InChI=1S/C28H30N6O9P2.C25H25ClN6O8P2.C25H26N6O8P2/c29-28-30-25-22(26(37)31-28)32(14-18-8-10-20(11-9-18)19-6-2-1-3-7-19)16-34(25)27-24(36)23(35)21(43-27)15-42-45(40,41)17-44(38,39)33-12-4-5-13-33;26-21-14-18(8-9-20(21)19-6-2-1-3-7-19)15-30-16-31(23-22(30)24(33)29-25(27)28-23)17-38-12-13-39-42(36,37)40-41(34,35)32-10-4-5-11-32;26-25-27-23-22(24(32)28-25)29(16-19-8-10-21(11-9-19)20-6-2-1-3-7-20)17-30(23)18-37-14-15-38-41(35,36)39-40(33,34)31-12-4-5-13-31/h1-13,16,21,23-24,27,35-36H,14-15,17H2,(H4-,29,30,31,37,38,39,40,41);1-11,14,16H,12-13,15,17H2,(H4-,27,28,29,33,34,35,36,37);1-13,17H,14-16,18H2,(H4-,26,27,28,32,33,34,35,36)/p+3/t21?,23-,24-,27?;;/m0../s1. The van der Waals surface area contributed by atoms with Crippen molar-refractivity contribution in [2.45, 2.75) is 57.6 Å². The van der Waals surface area contributed by atoms with Crippen molar-refractivity contribution in [3.63, 3.8) is 0 Å². The highest BCUT2D eigenvalue weighted by Gasteiger charge is 2.49. The van der Waals surface area contributed by atoms with Gasteiger partial charge in [-0.05, 0) is 87.0 Å². The number of halogens is 1. The first-order valence-electron chi connectivity index (χ1n) is 38.4. The van der Waals surface area contributed by atoms with E-state index >= 15 is 0 Å². The average molecular weight is 1890 g/mol. The van der Waals surface area contributed by atoms with E-state index in [1.54, 1.807) is 30.9 Å². The Hall–Kier alpha value is -11.4. The first-order valence-corrected chi connectivity index (χ1v) is 48.4. The number of anilines is 3. The number of hydrogen-bond acceptors (Lipinski definition) is 25. The van der Waals surface area contributed by atoms with Crippen molar-refractivity contribution in [2.75, 3.05) is 56.1 Å². The molecule has 6 aromatic carbocycles. The first-order chi connectivity index (χ1) is 61.0. The summed E-state index contributed by atoms with van der Waals surface area (Å²) < 4.78 is 126. The second kappa shape index (κ2) is 39.7. The predicted molar refractivity (Wildman–Crippen MR) is 464 cm³/mol. The molecule has 9 aromatic heterocycles. The zero-order valence-corrected chi connectivity index (χ0v) is 73.1. The number of aliphatic hydroxyl groups excluding tert-OH is 2. The summed E-state index contributed by atoms with van der Waals surface area (Å²) in [6.07, 6.45) is 6.39. The van der Waals surface area contributed by atoms with Crippen molar-refractivity contribution in [3.8, 4) is 33.4 Å². The smallest absolute Gasteiger partial charge is 0.387 e. The highest BCUT2D eigenvalue weighted by Crippen LogP contribution is 2.62. The summed E-state index contributed by atoms with van der Waals surface area (Å²) in [4.78, 5) is 119. The molecule has 1 aliphatic heterocycles. The van der Waals surface area contributed by atoms with Gasteiger partial charge in [0.15, 0.2) is 32.4 Å². The van der Waals surface area contributed by atoms with Crippen molar-refractivity contribution in [2.24, 2.45) is 0 Å². The molecule has 0 amide bonds. The van der Waals surface area contributed by atoms with E-state index in [4.69, 9.17) is 56.6 Å². The summed E-state index contributed by atoms with van der Waals surface area (Å²) in [6.45, 7) is -1.30. The number of benzene rings is 6. The lowest BCUT2D eigenvalue weighted by atomic mass is 10.0. The normalized spacial score (nSPS) is 17.4. The molecule has 1 saturated heterocycles. The first kappa shape index (κ1) is 92.8. The summed E-state index contributed by atoms with van der Waals surface area (Å²) in [7, 11) is -28.0. The van der Waals surface area contributed by atoms with E-state index in [1.165, 1.54) is 89.0 Å². The Morgan fingerprint density at radius 3 is 1.24 bits per heavy atom. The van der Waals surface area contributed by atoms with Gasteiger partial charge in [-0.1, -0.05) is 178 Å². The largest absolute Gasteiger partial charge is 0.480 e. The quantitative estimate of drug-likeness (QED) is 0.0103. The van der Waals surface area contributed by atoms with E-state index in [1.807, 2.05) is 158 Å². The third kappa shape index (κ3) is 22.8. The summed E-state index contributed by atoms with van der Waals surface area (Å²) >= 11 is 6.58. The number of aliphatic hydroxyl groups is 2. The molecule has 10 atom stereocenters. The molecule has 17 N–H and O–H groups in total. The van der Waals surface area contributed by atoms with Crippen LogP contribution in [0.4, 0.5) is 17.8 Å². The number of nitrogens with zero attached hydrogens (tertiary/aromatic N) is 12. The van der Waals surface area contributed by atoms with Crippen LogP contribution in [0.5, 0.6) is 0 Å². The third-order valence-electron chi connectivity index (χ3n) is 19.4. The van der Waals surface area contributed by atoms with Crippen molar-refractivity contribution in [1.82, 2.24) is 56.6 Å². The van der Waals surface area contributed by atoms with Gasteiger partial charge in [-0.25, -0.2) is 32.0 Å². The summed E-state index contributed by atoms with van der Waals surface area (Å²) in [5, 5.41) is 22.2. The number of nitrogens with two attached hydrogens (primary N) is 3. The van der Waals surface area contributed by atoms with Crippen LogP contribution < -0.4 is 47.6 Å². The Kier molecular flexibility index (Phi) is 28.8. The molecule has 50 heteroatoms. The number of nitrogen functional groups attached to an aromatic ring is 3. The second-order valence-electron chi connectivity index (χ2n) is 28.6. The fourth-order valence-corrected chi connectivity index (χ4v) is 22.4. The van der Waals surface area contributed by atoms with Crippen LogP contribution in [0.15, 0.2) is 265 Å². The molecular formula is C78H84ClN18O25P6+3. The monoisotopic (exact) mass is 1890 g/mol. The number of imidazole rings is 3. The van der Waals surface area contributed by atoms with Gasteiger partial charge in [-0.15, -0.1) is 0 Å². The lowest BCUT2D eigenvalue weighted by molar-refractivity contribution is -0.745. The molecule has 670 valence electrons. The van der Waals surface area contributed by atoms with E-state index in [2.05, 4.69) is 38.5 Å². The number of phosphoric ester groups is 2. The van der Waals surface area contributed by atoms with E-state index in [0.717, 1.165) is 63.1 Å². The van der Waals surface area contributed by atoms with Crippen LogP contribution >= 0.6 is 57.9 Å². The fraction of sp³-hybridized carbons (Fsp3) is 0.192. The molecule has 0 radical (unpaired) electrons. The topological polar surface area (TPSA) is 595 Å². The Balaban J connectivity index is 0.000000156. The molecule has 0 spiro atoms. The van der Waals surface area contributed by atoms with Gasteiger partial charge in [0.1, 0.15) is 24.2 Å². The average Bonchev–Trinajstić information content (AvgIpc) is 1.60. The molecule has 1 fully saturated rings. The maximum Gasteiger partial charge on any atom is 0.480 e. The van der Waals surface area contributed by atoms with Crippen molar-refractivity contribution in [3.05, 3.63) is 303 Å². The van der Waals surface area contributed by atoms with Gasteiger partial charge in [0.2, 0.25) is 22.8 Å². The Bertz CT molecular complexity index is 6920. The minimum Gasteiger partial charge on any atom is -0.387 e. The molecule has 128 heavy (non-hydrogen) atoms. The Morgan fingerprint density at radius 2 is 0.812 bits per heavy atom. The number of fused-ring (bicyclic) bond motifs is 3. The number of hydrogen-bond donors (Lipinski definition) is 14. The van der Waals surface area contributed by atoms with Crippen LogP contribution in [-0.4, -0.2) is 153 Å². The molecular weight excluding hydrogens is 1810 g/mol. The van der Waals surface area contributed by atoms with E-state index in [0.29, 0.717) is 11.6 Å². The molecule has 1 aliphatic rings. The van der Waals surface area contributed by atoms with Crippen LogP contribution in [0.2, 0.25) is 5.02 Å². The second-order valence-corrected chi connectivity index (χ2v) is 40.0. The van der Waals surface area contributed by atoms with Crippen molar-refractivity contribution < 1.29 is 117 Å². The van der Waals surface area contributed by atoms with Gasteiger partial charge < -0.3 is 75.5 Å². The van der Waals surface area contributed by atoms with E-state index in [9.17, 15) is 81.3 Å². The summed E-state index contributed by atoms with van der Waals surface area (Å²) in [6, 6.07) is 59.7. The minimum atomic E-state index is -4.89. The molecule has 0 bridgehead atoms. The Labute approximate surface area is 729 Å². The van der Waals surface area contributed by atoms with Gasteiger partial charge in [-0.2, -0.15) is 8.62 Å². The zero-order valence-electron chi connectivity index (χ0n) is 66.9. The van der Waals surface area contributed by atoms with E-state index in [-0.39, 0.29) is 91.1 Å². The molecule has 15 aromatic rings. The third-order valence-corrected chi connectivity index (χ3v) is 30.3. The summed E-state index contributed by atoms with van der Waals surface area (Å²) in [5.74, 6) is -1.42. The molecule has 16 rings (SSSR count). The highest BCUT2D eigenvalue weighted by atomic mass is 35.5. The maximum atomic E-state index is 13.0. The van der Waals surface area contributed by atoms with Crippen LogP contribution in [0.25, 0.3) is 66.9 Å². The maximum absolute atomic E-state index is 13.0. The van der Waals surface area contributed by atoms with Crippen LogP contribution in [-0.2, 0) is 96.9 Å². The lowest BCUT2D eigenvalue weighted by Gasteiger charge is -2.20. The SMILES string of the molecule is Nc1nc2c(c(=O)[nH]1)n(Cc1ccc(-c3ccccc3)c(Cl)c1)c[n+]2COCCOP(=O)(O)OP(=O)(O)n1cccc1.Nc1nc2c(c(=O)[nH]1)n(Cc1ccc(-c3ccccc3)cc1)c[n+]2C1OC(COP(=O)(O)CP(=O)(O)n2cccc2)[C@H](O)[C@@H]1O.Nc1nc2c(c(=O)[nH]1)n(Cc1ccc(-c3ccccc3)cc1)c[n+]2COCCOP(=O)(O)OP(=O)(O)n1cccc1. The number of rotatable bonds is 34. The van der Waals surface area contributed by atoms with Crippen LogP contribution in [0.3, 0.4) is 0 Å². The highest BCUT2D eigenvalue weighted by molar-refractivity contribution is 7.72. The van der Waals surface area contributed by atoms with Crippen LogP contribution in [0, 0.1) is 0 Å². The van der Waals surface area contributed by atoms with Gasteiger partial charge in [-0.3, -0.25) is 74.2 Å². The van der Waals surface area contributed by atoms with Gasteiger partial charge in [0.05, 0.1) is 52.7 Å². The molecule has 0 aliphatic carbocycles. The number of aromatic amines is 3. The minimum absolute atomic E-state index is 0.0655. The molecule has 8 unspecified atom stereocenters. The van der Waals surface area contributed by atoms with Crippen molar-refractivity contribution in [1.29, 1.82) is 0 Å². The summed E-state index contributed by atoms with van der Waals surface area (Å²) in [5.41, 5.74) is 25.9. The number of H-pyrrole nitrogens is 3. The predicted octanol–water partition coefficient (Wildman–Crippen LogP) is 8.01. The number of ether oxygens (including phenoxy) is 3. The molecule has 43 nitrogen and oxygen atoms in total. The van der Waals surface area contributed by atoms with Gasteiger partial charge in [0, 0.05) is 47.8 Å². The van der Waals surface area contributed by atoms with Crippen molar-refractivity contribution >= 4 is 109 Å². The van der Waals surface area contributed by atoms with Gasteiger partial charge in [0.25, 0.3) is 34.5 Å². The van der Waals surface area contributed by atoms with E-state index < -0.39 is 113 Å². The lowest BCUT2D eigenvalue weighted by Crippen LogP contribution is -2.46. The Morgan fingerprint density at radius 1 is 0.438 bits per heavy atom. The van der Waals surface area contributed by atoms with Crippen LogP contribution in [0.1, 0.15) is 22.9 Å². The fourth-order valence-electron chi connectivity index (χ4n) is 13.6. The number of aromatic nitrogens is 15. The molecule has 0 saturated carbocycles. The zero-order chi connectivity index (χ0) is 90.9.